The molecule has 0 atom stereocenters. The fourth-order valence-corrected chi connectivity index (χ4v) is 1.49. The molecule has 0 aliphatic heterocycles. The van der Waals surface area contributed by atoms with Crippen LogP contribution in [-0.2, 0) is 0 Å². The van der Waals surface area contributed by atoms with Gasteiger partial charge in [-0.2, -0.15) is 0 Å². The summed E-state index contributed by atoms with van der Waals surface area (Å²) in [6.45, 7) is 0. The predicted octanol–water partition coefficient (Wildman–Crippen LogP) is 3.61. The van der Waals surface area contributed by atoms with Gasteiger partial charge < -0.3 is 4.74 Å². The number of carbonyl (C=O) groups is 1. The number of pyridine rings is 1. The average molecular weight is 268 g/mol. The van der Waals surface area contributed by atoms with Crippen molar-refractivity contribution in [3.8, 4) is 5.75 Å². The van der Waals surface area contributed by atoms with Crippen molar-refractivity contribution >= 4 is 29.2 Å². The van der Waals surface area contributed by atoms with Gasteiger partial charge in [-0.15, -0.1) is 0 Å². The van der Waals surface area contributed by atoms with Crippen LogP contribution in [0.5, 0.6) is 5.75 Å². The first-order valence-corrected chi connectivity index (χ1v) is 5.49. The van der Waals surface area contributed by atoms with Gasteiger partial charge in [0.25, 0.3) is 0 Å². The van der Waals surface area contributed by atoms with E-state index in [-0.39, 0.29) is 0 Å². The maximum Gasteiger partial charge on any atom is 0.343 e. The summed E-state index contributed by atoms with van der Waals surface area (Å²) >= 11 is 11.4. The van der Waals surface area contributed by atoms with Crippen LogP contribution in [-0.4, -0.2) is 11.0 Å². The lowest BCUT2D eigenvalue weighted by Crippen LogP contribution is -2.08. The van der Waals surface area contributed by atoms with Crippen molar-refractivity contribution in [2.45, 2.75) is 0 Å². The number of rotatable bonds is 2. The summed E-state index contributed by atoms with van der Waals surface area (Å²) in [5.41, 5.74) is 0.411. The summed E-state index contributed by atoms with van der Waals surface area (Å²) in [4.78, 5) is 15.5. The van der Waals surface area contributed by atoms with Crippen molar-refractivity contribution in [1.29, 1.82) is 0 Å². The van der Waals surface area contributed by atoms with Crippen LogP contribution in [0, 0.1) is 0 Å². The summed E-state index contributed by atoms with van der Waals surface area (Å²) in [7, 11) is 0. The van der Waals surface area contributed by atoms with Gasteiger partial charge in [0.2, 0.25) is 0 Å². The highest BCUT2D eigenvalue weighted by Crippen LogP contribution is 2.17. The highest BCUT2D eigenvalue weighted by atomic mass is 35.5. The minimum atomic E-state index is -0.481. The molecule has 86 valence electrons. The molecule has 2 rings (SSSR count). The largest absolute Gasteiger partial charge is 0.421 e. The number of halogens is 2. The highest BCUT2D eigenvalue weighted by molar-refractivity contribution is 6.30. The maximum atomic E-state index is 11.7. The Morgan fingerprint density at radius 1 is 1.06 bits per heavy atom. The number of benzene rings is 1. The standard InChI is InChI=1S/C12H7Cl2NO2/c13-9-3-1-8(2-4-9)12(16)17-11-5-10(14)6-15-7-11/h1-7H. The van der Waals surface area contributed by atoms with Crippen LogP contribution in [0.3, 0.4) is 0 Å². The molecule has 17 heavy (non-hydrogen) atoms. The van der Waals surface area contributed by atoms with Crippen molar-refractivity contribution in [3.05, 3.63) is 58.3 Å². The third-order valence-corrected chi connectivity index (χ3v) is 2.43. The van der Waals surface area contributed by atoms with Crippen molar-refractivity contribution in [1.82, 2.24) is 4.98 Å². The zero-order valence-electron chi connectivity index (χ0n) is 8.56. The molecule has 0 amide bonds. The first-order chi connectivity index (χ1) is 8.15. The lowest BCUT2D eigenvalue weighted by molar-refractivity contribution is 0.0734. The minimum absolute atomic E-state index is 0.303. The van der Waals surface area contributed by atoms with Crippen molar-refractivity contribution in [2.24, 2.45) is 0 Å². The summed E-state index contributed by atoms with van der Waals surface area (Å²) < 4.78 is 5.09. The quantitative estimate of drug-likeness (QED) is 0.781. The van der Waals surface area contributed by atoms with Gasteiger partial charge in [0.15, 0.2) is 5.75 Å². The van der Waals surface area contributed by atoms with Gasteiger partial charge in [0, 0.05) is 17.3 Å². The van der Waals surface area contributed by atoms with Crippen LogP contribution >= 0.6 is 23.2 Å². The second-order valence-corrected chi connectivity index (χ2v) is 4.11. The maximum absolute atomic E-state index is 11.7. The molecule has 1 heterocycles. The molecule has 0 aliphatic rings. The zero-order valence-corrected chi connectivity index (χ0v) is 10.1. The molecule has 0 radical (unpaired) electrons. The Morgan fingerprint density at radius 3 is 2.41 bits per heavy atom. The fraction of sp³-hybridized carbons (Fsp3) is 0. The topological polar surface area (TPSA) is 39.2 Å². The summed E-state index contributed by atoms with van der Waals surface area (Å²) in [5.74, 6) is -0.178. The van der Waals surface area contributed by atoms with Gasteiger partial charge in [0.05, 0.1) is 16.8 Å². The summed E-state index contributed by atoms with van der Waals surface area (Å²) in [5, 5.41) is 0.970. The van der Waals surface area contributed by atoms with E-state index in [1.54, 1.807) is 24.3 Å². The highest BCUT2D eigenvalue weighted by Gasteiger charge is 2.08. The summed E-state index contributed by atoms with van der Waals surface area (Å²) in [6.07, 6.45) is 2.88. The third kappa shape index (κ3) is 3.19. The molecule has 3 nitrogen and oxygen atoms in total. The number of nitrogens with zero attached hydrogens (tertiary/aromatic N) is 1. The average Bonchev–Trinajstić information content (AvgIpc) is 2.29. The third-order valence-electron chi connectivity index (χ3n) is 1.97. The number of esters is 1. The first kappa shape index (κ1) is 11.9. The molecule has 0 spiro atoms. The van der Waals surface area contributed by atoms with Gasteiger partial charge >= 0.3 is 5.97 Å². The van der Waals surface area contributed by atoms with E-state index in [1.165, 1.54) is 18.5 Å². The van der Waals surface area contributed by atoms with Gasteiger partial charge in [-0.3, -0.25) is 4.98 Å². The smallest absolute Gasteiger partial charge is 0.343 e. The van der Waals surface area contributed by atoms with E-state index in [0.717, 1.165) is 0 Å². The molecule has 0 fully saturated rings. The molecule has 0 saturated carbocycles. The number of aromatic nitrogens is 1. The molecule has 0 saturated heterocycles. The predicted molar refractivity (Wildman–Crippen MR) is 65.7 cm³/mol. The second kappa shape index (κ2) is 5.17. The van der Waals surface area contributed by atoms with E-state index in [0.29, 0.717) is 21.4 Å². The van der Waals surface area contributed by atoms with Crippen LogP contribution in [0.25, 0.3) is 0 Å². The minimum Gasteiger partial charge on any atom is -0.421 e. The monoisotopic (exact) mass is 267 g/mol. The Bertz CT molecular complexity index is 540. The Labute approximate surface area is 108 Å². The van der Waals surface area contributed by atoms with E-state index < -0.39 is 5.97 Å². The Balaban J connectivity index is 2.14. The summed E-state index contributed by atoms with van der Waals surface area (Å²) in [6, 6.07) is 7.93. The molecule has 0 bridgehead atoms. The van der Waals surface area contributed by atoms with Crippen molar-refractivity contribution in [2.75, 3.05) is 0 Å². The van der Waals surface area contributed by atoms with E-state index >= 15 is 0 Å². The van der Waals surface area contributed by atoms with E-state index in [1.807, 2.05) is 0 Å². The van der Waals surface area contributed by atoms with Crippen LogP contribution in [0.1, 0.15) is 10.4 Å². The van der Waals surface area contributed by atoms with Crippen LogP contribution in [0.4, 0.5) is 0 Å². The van der Waals surface area contributed by atoms with Gasteiger partial charge in [-0.1, -0.05) is 23.2 Å². The number of ether oxygens (including phenoxy) is 1. The van der Waals surface area contributed by atoms with Crippen LogP contribution < -0.4 is 4.74 Å². The Morgan fingerprint density at radius 2 is 1.76 bits per heavy atom. The molecule has 0 N–H and O–H groups in total. The molecule has 0 aliphatic carbocycles. The van der Waals surface area contributed by atoms with Crippen LogP contribution in [0.2, 0.25) is 10.0 Å². The van der Waals surface area contributed by atoms with Gasteiger partial charge in [-0.25, -0.2) is 4.79 Å². The lowest BCUT2D eigenvalue weighted by Gasteiger charge is -2.03. The zero-order chi connectivity index (χ0) is 12.3. The van der Waals surface area contributed by atoms with Crippen LogP contribution in [0.15, 0.2) is 42.7 Å². The lowest BCUT2D eigenvalue weighted by atomic mass is 10.2. The molecular weight excluding hydrogens is 261 g/mol. The second-order valence-electron chi connectivity index (χ2n) is 3.24. The molecular formula is C12H7Cl2NO2. The Hall–Kier alpha value is -1.58. The molecule has 5 heteroatoms. The van der Waals surface area contributed by atoms with Crippen molar-refractivity contribution in [3.63, 3.8) is 0 Å². The fourth-order valence-electron chi connectivity index (χ4n) is 1.20. The SMILES string of the molecule is O=C(Oc1cncc(Cl)c1)c1ccc(Cl)cc1. The van der Waals surface area contributed by atoms with Crippen molar-refractivity contribution < 1.29 is 9.53 Å². The van der Waals surface area contributed by atoms with Gasteiger partial charge in [-0.05, 0) is 24.3 Å². The van der Waals surface area contributed by atoms with Gasteiger partial charge in [0.1, 0.15) is 0 Å². The Kier molecular flexibility index (Phi) is 3.61. The first-order valence-electron chi connectivity index (χ1n) is 4.73. The van der Waals surface area contributed by atoms with E-state index in [4.69, 9.17) is 27.9 Å². The number of carbonyl (C=O) groups excluding carboxylic acids is 1. The van der Waals surface area contributed by atoms with E-state index in [9.17, 15) is 4.79 Å². The molecule has 1 aromatic heterocycles. The number of hydrogen-bond donors (Lipinski definition) is 0. The molecule has 0 unspecified atom stereocenters. The molecule has 2 aromatic rings. The normalized spacial score (nSPS) is 10.0. The number of hydrogen-bond acceptors (Lipinski definition) is 3. The molecule has 1 aromatic carbocycles. The van der Waals surface area contributed by atoms with E-state index in [2.05, 4.69) is 4.98 Å².